The number of hydrogen-bond acceptors (Lipinski definition) is 3. The molecule has 0 heterocycles. The van der Waals surface area contributed by atoms with Crippen LogP contribution in [0.3, 0.4) is 0 Å². The molecule has 1 unspecified atom stereocenters. The van der Waals surface area contributed by atoms with Crippen molar-refractivity contribution in [3.8, 4) is 0 Å². The molecule has 0 aliphatic carbocycles. The molecule has 3 nitrogen and oxygen atoms in total. The van der Waals surface area contributed by atoms with E-state index < -0.39 is 12.0 Å². The van der Waals surface area contributed by atoms with Gasteiger partial charge in [-0.2, -0.15) is 0 Å². The number of benzene rings is 1. The van der Waals surface area contributed by atoms with Crippen LogP contribution in [0.1, 0.15) is 5.56 Å². The van der Waals surface area contributed by atoms with Gasteiger partial charge in [0, 0.05) is 4.90 Å². The van der Waals surface area contributed by atoms with Crippen molar-refractivity contribution < 1.29 is 9.90 Å². The Morgan fingerprint density at radius 3 is 2.80 bits per heavy atom. The van der Waals surface area contributed by atoms with Gasteiger partial charge in [-0.15, -0.1) is 11.8 Å². The molecule has 15 heavy (non-hydrogen) atoms. The van der Waals surface area contributed by atoms with Crippen molar-refractivity contribution in [2.45, 2.75) is 17.4 Å². The molecule has 0 radical (unpaired) electrons. The number of hydrogen-bond donors (Lipinski definition) is 2. The zero-order valence-corrected chi connectivity index (χ0v) is 9.81. The smallest absolute Gasteiger partial charge is 0.320 e. The van der Waals surface area contributed by atoms with Crippen LogP contribution in [-0.4, -0.2) is 23.4 Å². The number of aliphatic carboxylic acids is 1. The van der Waals surface area contributed by atoms with E-state index in [0.29, 0.717) is 11.4 Å². The predicted octanol–water partition coefficient (Wildman–Crippen LogP) is 2.02. The van der Waals surface area contributed by atoms with Crippen LogP contribution in [0.5, 0.6) is 0 Å². The first-order valence-electron chi connectivity index (χ1n) is 4.35. The Labute approximate surface area is 97.6 Å². The molecule has 1 aromatic rings. The molecule has 1 rings (SSSR count). The maximum atomic E-state index is 10.5. The molecule has 0 amide bonds. The summed E-state index contributed by atoms with van der Waals surface area (Å²) in [4.78, 5) is 11.5. The molecule has 0 spiro atoms. The fourth-order valence-electron chi connectivity index (χ4n) is 1.18. The van der Waals surface area contributed by atoms with Gasteiger partial charge in [-0.3, -0.25) is 4.79 Å². The highest BCUT2D eigenvalue weighted by Gasteiger charge is 2.12. The van der Waals surface area contributed by atoms with Crippen LogP contribution in [0.15, 0.2) is 23.1 Å². The van der Waals surface area contributed by atoms with Crippen LogP contribution < -0.4 is 5.73 Å². The van der Waals surface area contributed by atoms with Gasteiger partial charge in [0.15, 0.2) is 0 Å². The number of carboxylic acid groups (broad SMARTS) is 1. The van der Waals surface area contributed by atoms with Crippen LogP contribution in [0, 0.1) is 0 Å². The van der Waals surface area contributed by atoms with E-state index in [2.05, 4.69) is 0 Å². The van der Waals surface area contributed by atoms with Crippen molar-refractivity contribution in [3.63, 3.8) is 0 Å². The van der Waals surface area contributed by atoms with Gasteiger partial charge < -0.3 is 10.8 Å². The molecule has 0 aliphatic rings. The van der Waals surface area contributed by atoms with Crippen molar-refractivity contribution in [1.29, 1.82) is 0 Å². The molecule has 0 aliphatic heterocycles. The van der Waals surface area contributed by atoms with Crippen molar-refractivity contribution >= 4 is 29.3 Å². The van der Waals surface area contributed by atoms with Gasteiger partial charge in [-0.25, -0.2) is 0 Å². The third-order valence-corrected chi connectivity index (χ3v) is 3.21. The van der Waals surface area contributed by atoms with E-state index in [1.54, 1.807) is 17.8 Å². The summed E-state index contributed by atoms with van der Waals surface area (Å²) < 4.78 is 0. The van der Waals surface area contributed by atoms with E-state index in [1.807, 2.05) is 18.4 Å². The first-order chi connectivity index (χ1) is 7.04. The van der Waals surface area contributed by atoms with E-state index in [-0.39, 0.29) is 0 Å². The Morgan fingerprint density at radius 2 is 2.33 bits per heavy atom. The first kappa shape index (κ1) is 12.4. The third kappa shape index (κ3) is 3.41. The summed E-state index contributed by atoms with van der Waals surface area (Å²) in [7, 11) is 0. The van der Waals surface area contributed by atoms with Gasteiger partial charge in [0.05, 0.1) is 5.02 Å². The van der Waals surface area contributed by atoms with Gasteiger partial charge in [-0.1, -0.05) is 17.7 Å². The lowest BCUT2D eigenvalue weighted by atomic mass is 10.1. The lowest BCUT2D eigenvalue weighted by molar-refractivity contribution is -0.138. The molecule has 5 heteroatoms. The Bertz CT molecular complexity index is 370. The lowest BCUT2D eigenvalue weighted by Crippen LogP contribution is -2.32. The van der Waals surface area contributed by atoms with Crippen molar-refractivity contribution in [3.05, 3.63) is 28.8 Å². The summed E-state index contributed by atoms with van der Waals surface area (Å²) in [6.45, 7) is 0. The molecule has 1 aromatic carbocycles. The van der Waals surface area contributed by atoms with E-state index in [1.165, 1.54) is 0 Å². The van der Waals surface area contributed by atoms with Crippen molar-refractivity contribution in [2.75, 3.05) is 6.26 Å². The maximum absolute atomic E-state index is 10.5. The van der Waals surface area contributed by atoms with Crippen LogP contribution in [-0.2, 0) is 11.2 Å². The van der Waals surface area contributed by atoms with Gasteiger partial charge in [0.2, 0.25) is 0 Å². The summed E-state index contributed by atoms with van der Waals surface area (Å²) >= 11 is 7.53. The molecule has 0 saturated heterocycles. The normalized spacial score (nSPS) is 12.5. The molecule has 0 fully saturated rings. The number of rotatable bonds is 4. The lowest BCUT2D eigenvalue weighted by Gasteiger charge is -2.08. The quantitative estimate of drug-likeness (QED) is 0.797. The second kappa shape index (κ2) is 5.39. The highest BCUT2D eigenvalue weighted by molar-refractivity contribution is 7.98. The van der Waals surface area contributed by atoms with Crippen LogP contribution >= 0.6 is 23.4 Å². The molecule has 1 atom stereocenters. The maximum Gasteiger partial charge on any atom is 0.320 e. The Balaban J connectivity index is 2.79. The topological polar surface area (TPSA) is 63.3 Å². The largest absolute Gasteiger partial charge is 0.480 e. The molecule has 0 bridgehead atoms. The standard InChI is InChI=1S/C10H12ClNO2S/c1-15-9-3-2-6(4-7(9)11)5-8(12)10(13)14/h2-4,8H,5,12H2,1H3,(H,13,14). The van der Waals surface area contributed by atoms with E-state index >= 15 is 0 Å². The summed E-state index contributed by atoms with van der Waals surface area (Å²) in [5, 5.41) is 9.29. The van der Waals surface area contributed by atoms with Gasteiger partial charge in [0.1, 0.15) is 6.04 Å². The third-order valence-electron chi connectivity index (χ3n) is 1.99. The average Bonchev–Trinajstić information content (AvgIpc) is 2.18. The molecule has 0 saturated carbocycles. The summed E-state index contributed by atoms with van der Waals surface area (Å²) in [5.74, 6) is -1.000. The summed E-state index contributed by atoms with van der Waals surface area (Å²) in [5.41, 5.74) is 6.26. The highest BCUT2D eigenvalue weighted by Crippen LogP contribution is 2.26. The van der Waals surface area contributed by atoms with Crippen LogP contribution in [0.25, 0.3) is 0 Å². The molecule has 82 valence electrons. The number of nitrogens with two attached hydrogens (primary N) is 1. The van der Waals surface area contributed by atoms with Crippen LogP contribution in [0.4, 0.5) is 0 Å². The second-order valence-electron chi connectivity index (χ2n) is 3.12. The number of carboxylic acids is 1. The fourth-order valence-corrected chi connectivity index (χ4v) is 2.07. The SMILES string of the molecule is CSc1ccc(CC(N)C(=O)O)cc1Cl. The number of carbonyl (C=O) groups is 1. The Morgan fingerprint density at radius 1 is 1.67 bits per heavy atom. The Kier molecular flexibility index (Phi) is 4.45. The monoisotopic (exact) mass is 245 g/mol. The summed E-state index contributed by atoms with van der Waals surface area (Å²) in [6.07, 6.45) is 2.23. The minimum atomic E-state index is -1.000. The zero-order chi connectivity index (χ0) is 11.4. The van der Waals surface area contributed by atoms with E-state index in [4.69, 9.17) is 22.4 Å². The van der Waals surface area contributed by atoms with E-state index in [0.717, 1.165) is 10.5 Å². The number of halogens is 1. The molecule has 3 N–H and O–H groups in total. The molecule has 0 aromatic heterocycles. The first-order valence-corrected chi connectivity index (χ1v) is 5.95. The van der Waals surface area contributed by atoms with E-state index in [9.17, 15) is 4.79 Å². The molecular formula is C10H12ClNO2S. The van der Waals surface area contributed by atoms with Crippen molar-refractivity contribution in [1.82, 2.24) is 0 Å². The summed E-state index contributed by atoms with van der Waals surface area (Å²) in [6, 6.07) is 4.61. The van der Waals surface area contributed by atoms with Gasteiger partial charge >= 0.3 is 5.97 Å². The van der Waals surface area contributed by atoms with Crippen molar-refractivity contribution in [2.24, 2.45) is 5.73 Å². The number of thioether (sulfide) groups is 1. The van der Waals surface area contributed by atoms with Gasteiger partial charge in [0.25, 0.3) is 0 Å². The van der Waals surface area contributed by atoms with Crippen LogP contribution in [0.2, 0.25) is 5.02 Å². The Hall–Kier alpha value is -0.710. The zero-order valence-electron chi connectivity index (χ0n) is 8.24. The minimum Gasteiger partial charge on any atom is -0.480 e. The highest BCUT2D eigenvalue weighted by atomic mass is 35.5. The minimum absolute atomic E-state index is 0.295. The average molecular weight is 246 g/mol. The second-order valence-corrected chi connectivity index (χ2v) is 4.37. The van der Waals surface area contributed by atoms with Gasteiger partial charge in [-0.05, 0) is 30.4 Å². The molecular weight excluding hydrogens is 234 g/mol. The fraction of sp³-hybridized carbons (Fsp3) is 0.300. The predicted molar refractivity (Wildman–Crippen MR) is 62.5 cm³/mol.